The molecule has 4 nitrogen and oxygen atoms in total. The quantitative estimate of drug-likeness (QED) is 0.686. The van der Waals surface area contributed by atoms with Gasteiger partial charge in [0.05, 0.1) is 10.8 Å². The second kappa shape index (κ2) is 6.68. The van der Waals surface area contributed by atoms with E-state index in [1.54, 1.807) is 0 Å². The van der Waals surface area contributed by atoms with Crippen LogP contribution >= 0.6 is 0 Å². The average molecular weight is 341 g/mol. The molecule has 0 aromatic carbocycles. The number of esters is 2. The topological polar surface area (TPSA) is 52.6 Å². The predicted octanol–water partition coefficient (Wildman–Crippen LogP) is 4.89. The second-order valence-corrected chi connectivity index (χ2v) is 9.67. The maximum Gasteiger partial charge on any atom is 0.312 e. The van der Waals surface area contributed by atoms with E-state index in [4.69, 9.17) is 9.47 Å². The van der Waals surface area contributed by atoms with Crippen LogP contribution in [0.2, 0.25) is 0 Å². The highest BCUT2D eigenvalue weighted by molar-refractivity contribution is 5.82. The van der Waals surface area contributed by atoms with Gasteiger partial charge in [-0.25, -0.2) is 0 Å². The zero-order valence-electron chi connectivity index (χ0n) is 17.0. The van der Waals surface area contributed by atoms with E-state index < -0.39 is 22.0 Å². The van der Waals surface area contributed by atoms with Gasteiger partial charge in [-0.05, 0) is 80.1 Å². The predicted molar refractivity (Wildman–Crippen MR) is 95.5 cm³/mol. The van der Waals surface area contributed by atoms with Crippen LogP contribution in [-0.2, 0) is 19.1 Å². The fraction of sp³-hybridized carbons (Fsp3) is 0.900. The molecule has 0 bridgehead atoms. The first-order chi connectivity index (χ1) is 10.7. The van der Waals surface area contributed by atoms with Crippen molar-refractivity contribution in [2.24, 2.45) is 16.7 Å². The Morgan fingerprint density at radius 3 is 1.88 bits per heavy atom. The van der Waals surface area contributed by atoms with Gasteiger partial charge in [-0.3, -0.25) is 9.59 Å². The fourth-order valence-electron chi connectivity index (χ4n) is 3.45. The van der Waals surface area contributed by atoms with Gasteiger partial charge in [-0.2, -0.15) is 0 Å². The van der Waals surface area contributed by atoms with Crippen molar-refractivity contribution in [2.75, 3.05) is 0 Å². The van der Waals surface area contributed by atoms with E-state index in [-0.39, 0.29) is 17.9 Å². The van der Waals surface area contributed by atoms with Crippen molar-refractivity contribution < 1.29 is 19.1 Å². The third-order valence-electron chi connectivity index (χ3n) is 5.22. The molecule has 1 fully saturated rings. The number of hydrogen-bond acceptors (Lipinski definition) is 4. The van der Waals surface area contributed by atoms with Gasteiger partial charge in [-0.1, -0.05) is 13.8 Å². The van der Waals surface area contributed by atoms with Crippen LogP contribution in [0.1, 0.15) is 88.0 Å². The van der Waals surface area contributed by atoms with Crippen LogP contribution in [-0.4, -0.2) is 23.1 Å². The summed E-state index contributed by atoms with van der Waals surface area (Å²) in [5.74, 6) is -0.211. The van der Waals surface area contributed by atoms with Crippen molar-refractivity contribution in [1.29, 1.82) is 0 Å². The first kappa shape index (κ1) is 21.0. The Bertz CT molecular complexity index is 455. The van der Waals surface area contributed by atoms with E-state index in [1.165, 1.54) is 0 Å². The minimum absolute atomic E-state index is 0.175. The third-order valence-corrected chi connectivity index (χ3v) is 5.22. The first-order valence-electron chi connectivity index (χ1n) is 9.12. The van der Waals surface area contributed by atoms with Crippen LogP contribution < -0.4 is 0 Å². The molecular weight excluding hydrogens is 304 g/mol. The lowest BCUT2D eigenvalue weighted by Crippen LogP contribution is -2.51. The van der Waals surface area contributed by atoms with Gasteiger partial charge in [0.15, 0.2) is 0 Å². The van der Waals surface area contributed by atoms with Gasteiger partial charge in [0, 0.05) is 0 Å². The lowest BCUT2D eigenvalue weighted by molar-refractivity contribution is -0.185. The smallest absolute Gasteiger partial charge is 0.312 e. The lowest BCUT2D eigenvalue weighted by Gasteiger charge is -2.48. The largest absolute Gasteiger partial charge is 0.460 e. The van der Waals surface area contributed by atoms with E-state index in [2.05, 4.69) is 6.92 Å². The van der Waals surface area contributed by atoms with Crippen LogP contribution in [0.4, 0.5) is 0 Å². The number of ether oxygens (including phenoxy) is 2. The van der Waals surface area contributed by atoms with E-state index in [9.17, 15) is 9.59 Å². The summed E-state index contributed by atoms with van der Waals surface area (Å²) in [6.45, 7) is 17.3. The summed E-state index contributed by atoms with van der Waals surface area (Å²) in [6, 6.07) is 0. The molecule has 1 aliphatic carbocycles. The molecule has 1 rings (SSSR count). The SMILES string of the molecule is CCC1(C(=O)OC(C)(C)C)CCC(C)C(C)(C(=O)OC(C)(C)C)C1. The Morgan fingerprint density at radius 1 is 1.00 bits per heavy atom. The Morgan fingerprint density at radius 2 is 1.46 bits per heavy atom. The Kier molecular flexibility index (Phi) is 5.84. The first-order valence-corrected chi connectivity index (χ1v) is 9.12. The molecule has 0 saturated heterocycles. The summed E-state index contributed by atoms with van der Waals surface area (Å²) in [5, 5.41) is 0. The van der Waals surface area contributed by atoms with Crippen LogP contribution in [0.25, 0.3) is 0 Å². The molecule has 140 valence electrons. The fourth-order valence-corrected chi connectivity index (χ4v) is 3.45. The zero-order valence-corrected chi connectivity index (χ0v) is 17.0. The molecule has 3 atom stereocenters. The molecule has 4 heteroatoms. The highest BCUT2D eigenvalue weighted by atomic mass is 16.6. The van der Waals surface area contributed by atoms with Crippen LogP contribution in [0.5, 0.6) is 0 Å². The molecule has 0 aromatic heterocycles. The minimum atomic E-state index is -0.668. The van der Waals surface area contributed by atoms with Crippen molar-refractivity contribution in [2.45, 2.75) is 99.2 Å². The van der Waals surface area contributed by atoms with Gasteiger partial charge in [0.1, 0.15) is 11.2 Å². The van der Waals surface area contributed by atoms with Crippen molar-refractivity contribution in [3.63, 3.8) is 0 Å². The van der Waals surface area contributed by atoms with Crippen molar-refractivity contribution in [3.8, 4) is 0 Å². The van der Waals surface area contributed by atoms with Crippen LogP contribution in [0.3, 0.4) is 0 Å². The van der Waals surface area contributed by atoms with E-state index in [0.717, 1.165) is 12.8 Å². The van der Waals surface area contributed by atoms with Gasteiger partial charge in [0.2, 0.25) is 0 Å². The van der Waals surface area contributed by atoms with Crippen molar-refractivity contribution in [1.82, 2.24) is 0 Å². The number of carbonyl (C=O) groups is 2. The highest BCUT2D eigenvalue weighted by Gasteiger charge is 2.55. The Labute approximate surface area is 147 Å². The zero-order chi connectivity index (χ0) is 19.0. The maximum absolute atomic E-state index is 12.9. The van der Waals surface area contributed by atoms with Crippen molar-refractivity contribution >= 4 is 11.9 Å². The summed E-state index contributed by atoms with van der Waals surface area (Å²) in [6.07, 6.45) is 2.75. The molecular formula is C20H36O4. The molecule has 0 spiro atoms. The second-order valence-electron chi connectivity index (χ2n) is 9.67. The number of hydrogen-bond donors (Lipinski definition) is 0. The Balaban J connectivity index is 3.12. The van der Waals surface area contributed by atoms with Crippen LogP contribution in [0.15, 0.2) is 0 Å². The molecule has 1 aliphatic rings. The molecule has 0 aliphatic heterocycles. The molecule has 0 N–H and O–H groups in total. The monoisotopic (exact) mass is 340 g/mol. The average Bonchev–Trinajstić information content (AvgIpc) is 2.38. The van der Waals surface area contributed by atoms with E-state index in [1.807, 2.05) is 55.4 Å². The summed E-state index contributed by atoms with van der Waals surface area (Å²) >= 11 is 0. The van der Waals surface area contributed by atoms with Crippen molar-refractivity contribution in [3.05, 3.63) is 0 Å². The number of rotatable bonds is 3. The number of carbonyl (C=O) groups excluding carboxylic acids is 2. The minimum Gasteiger partial charge on any atom is -0.460 e. The normalized spacial score (nSPS) is 31.5. The summed E-state index contributed by atoms with van der Waals surface area (Å²) in [4.78, 5) is 25.8. The van der Waals surface area contributed by atoms with Gasteiger partial charge in [-0.15, -0.1) is 0 Å². The standard InChI is InChI=1S/C20H36O4/c1-10-20(16(22)24-18(6,7)8)12-11-14(2)19(9,13-20)15(21)23-17(3,4)5/h14H,10-13H2,1-9H3. The van der Waals surface area contributed by atoms with E-state index >= 15 is 0 Å². The molecule has 3 unspecified atom stereocenters. The summed E-state index contributed by atoms with van der Waals surface area (Å²) in [5.41, 5.74) is -2.33. The molecule has 0 aromatic rings. The summed E-state index contributed by atoms with van der Waals surface area (Å²) in [7, 11) is 0. The highest BCUT2D eigenvalue weighted by Crippen LogP contribution is 2.53. The molecule has 1 saturated carbocycles. The van der Waals surface area contributed by atoms with E-state index in [0.29, 0.717) is 12.8 Å². The maximum atomic E-state index is 12.9. The molecule has 24 heavy (non-hydrogen) atoms. The molecule has 0 radical (unpaired) electrons. The molecule has 0 amide bonds. The van der Waals surface area contributed by atoms with Gasteiger partial charge in [0.25, 0.3) is 0 Å². The lowest BCUT2D eigenvalue weighted by atomic mass is 9.57. The van der Waals surface area contributed by atoms with Gasteiger partial charge < -0.3 is 9.47 Å². The van der Waals surface area contributed by atoms with Gasteiger partial charge >= 0.3 is 11.9 Å². The third kappa shape index (κ3) is 4.73. The summed E-state index contributed by atoms with van der Waals surface area (Å²) < 4.78 is 11.4. The molecule has 0 heterocycles. The van der Waals surface area contributed by atoms with Crippen LogP contribution in [0, 0.1) is 16.7 Å². The Hall–Kier alpha value is -1.06.